The first-order valence-electron chi connectivity index (χ1n) is 8.97. The van der Waals surface area contributed by atoms with Crippen molar-refractivity contribution in [3.8, 4) is 11.5 Å². The summed E-state index contributed by atoms with van der Waals surface area (Å²) < 4.78 is 11.0. The van der Waals surface area contributed by atoms with Crippen LogP contribution in [0.4, 0.5) is 0 Å². The summed E-state index contributed by atoms with van der Waals surface area (Å²) >= 11 is 7.76. The van der Waals surface area contributed by atoms with Gasteiger partial charge in [-0.15, -0.1) is 11.3 Å². The van der Waals surface area contributed by atoms with Crippen molar-refractivity contribution < 1.29 is 14.3 Å². The summed E-state index contributed by atoms with van der Waals surface area (Å²) in [4.78, 5) is 16.4. The SMILES string of the molecule is COc1cc2c(cc1OC)[C@H](c1cccs1)N(C(=O)c1cccc(Cl)c1)CC2. The Bertz CT molecular complexity index is 1000. The van der Waals surface area contributed by atoms with Gasteiger partial charge in [-0.25, -0.2) is 0 Å². The number of amides is 1. The van der Waals surface area contributed by atoms with Crippen LogP contribution in [0.2, 0.25) is 5.02 Å². The predicted molar refractivity (Wildman–Crippen MR) is 112 cm³/mol. The first-order chi connectivity index (χ1) is 13.6. The lowest BCUT2D eigenvalue weighted by Gasteiger charge is -2.37. The fraction of sp³-hybridized carbons (Fsp3) is 0.227. The van der Waals surface area contributed by atoms with E-state index in [9.17, 15) is 4.79 Å². The van der Waals surface area contributed by atoms with E-state index in [2.05, 4.69) is 6.07 Å². The van der Waals surface area contributed by atoms with Crippen molar-refractivity contribution in [3.63, 3.8) is 0 Å². The molecule has 4 nitrogen and oxygen atoms in total. The minimum Gasteiger partial charge on any atom is -0.493 e. The molecule has 3 aromatic rings. The van der Waals surface area contributed by atoms with Crippen molar-refractivity contribution in [1.29, 1.82) is 0 Å². The average molecular weight is 414 g/mol. The molecule has 6 heteroatoms. The van der Waals surface area contributed by atoms with Gasteiger partial charge in [-0.2, -0.15) is 0 Å². The molecule has 0 spiro atoms. The Labute approximate surface area is 173 Å². The summed E-state index contributed by atoms with van der Waals surface area (Å²) in [5.74, 6) is 1.35. The number of nitrogens with zero attached hydrogens (tertiary/aromatic N) is 1. The average Bonchev–Trinajstić information content (AvgIpc) is 3.25. The molecule has 0 aliphatic carbocycles. The third-order valence-electron chi connectivity index (χ3n) is 5.02. The zero-order chi connectivity index (χ0) is 19.7. The molecule has 0 unspecified atom stereocenters. The number of hydrogen-bond donors (Lipinski definition) is 0. The lowest BCUT2D eigenvalue weighted by molar-refractivity contribution is 0.0697. The molecular weight excluding hydrogens is 394 g/mol. The van der Waals surface area contributed by atoms with Crippen molar-refractivity contribution in [1.82, 2.24) is 4.90 Å². The fourth-order valence-corrected chi connectivity index (χ4v) is 4.75. The number of rotatable bonds is 4. The number of fused-ring (bicyclic) bond motifs is 1. The van der Waals surface area contributed by atoms with Crippen LogP contribution in [0.5, 0.6) is 11.5 Å². The Hall–Kier alpha value is -2.50. The van der Waals surface area contributed by atoms with Gasteiger partial charge in [0, 0.05) is 22.0 Å². The quantitative estimate of drug-likeness (QED) is 0.589. The topological polar surface area (TPSA) is 38.8 Å². The molecule has 1 amide bonds. The summed E-state index contributed by atoms with van der Waals surface area (Å²) in [5, 5.41) is 2.59. The molecule has 4 rings (SSSR count). The van der Waals surface area contributed by atoms with E-state index < -0.39 is 0 Å². The van der Waals surface area contributed by atoms with E-state index in [1.807, 2.05) is 40.6 Å². The molecule has 0 radical (unpaired) electrons. The molecule has 28 heavy (non-hydrogen) atoms. The third kappa shape index (κ3) is 3.36. The Morgan fingerprint density at radius 1 is 1.11 bits per heavy atom. The third-order valence-corrected chi connectivity index (χ3v) is 6.18. The molecule has 1 aliphatic rings. The van der Waals surface area contributed by atoms with Crippen molar-refractivity contribution >= 4 is 28.8 Å². The van der Waals surface area contributed by atoms with E-state index in [4.69, 9.17) is 21.1 Å². The standard InChI is InChI=1S/C22H20ClNO3S/c1-26-18-12-14-8-9-24(22(25)15-5-3-6-16(23)11-15)21(20-7-4-10-28-20)17(14)13-19(18)27-2/h3-7,10-13,21H,8-9H2,1-2H3/t21-/m1/s1. The van der Waals surface area contributed by atoms with Crippen LogP contribution < -0.4 is 9.47 Å². The molecule has 0 saturated carbocycles. The van der Waals surface area contributed by atoms with Crippen molar-refractivity contribution in [2.75, 3.05) is 20.8 Å². The van der Waals surface area contributed by atoms with Gasteiger partial charge < -0.3 is 14.4 Å². The Kier molecular flexibility index (Phi) is 5.29. The summed E-state index contributed by atoms with van der Waals surface area (Å²) in [6, 6.07) is 15.0. The van der Waals surface area contributed by atoms with E-state index in [1.54, 1.807) is 37.7 Å². The maximum atomic E-state index is 13.4. The molecule has 2 heterocycles. The molecule has 0 N–H and O–H groups in total. The minimum atomic E-state index is -0.171. The lowest BCUT2D eigenvalue weighted by Crippen LogP contribution is -2.40. The Balaban J connectivity index is 1.82. The number of halogens is 1. The number of ether oxygens (including phenoxy) is 2. The number of carbonyl (C=O) groups excluding carboxylic acids is 1. The second-order valence-electron chi connectivity index (χ2n) is 6.58. The minimum absolute atomic E-state index is 0.0265. The molecule has 1 aromatic heterocycles. The zero-order valence-electron chi connectivity index (χ0n) is 15.6. The van der Waals surface area contributed by atoms with Crippen LogP contribution in [0.1, 0.15) is 32.4 Å². The van der Waals surface area contributed by atoms with Gasteiger partial charge >= 0.3 is 0 Å². The molecule has 0 saturated heterocycles. The van der Waals surface area contributed by atoms with Crippen LogP contribution in [0, 0.1) is 0 Å². The first-order valence-corrected chi connectivity index (χ1v) is 10.2. The summed E-state index contributed by atoms with van der Waals surface area (Å²) in [7, 11) is 3.26. The highest BCUT2D eigenvalue weighted by molar-refractivity contribution is 7.10. The second-order valence-corrected chi connectivity index (χ2v) is 8.00. The van der Waals surface area contributed by atoms with Gasteiger partial charge in [-0.1, -0.05) is 23.7 Å². The zero-order valence-corrected chi connectivity index (χ0v) is 17.2. The molecule has 1 atom stereocenters. The van der Waals surface area contributed by atoms with Gasteiger partial charge in [-0.3, -0.25) is 4.79 Å². The largest absolute Gasteiger partial charge is 0.493 e. The molecule has 2 aromatic carbocycles. The van der Waals surface area contributed by atoms with E-state index >= 15 is 0 Å². The molecular formula is C22H20ClNO3S. The van der Waals surface area contributed by atoms with Gasteiger partial charge in [0.1, 0.15) is 0 Å². The number of carbonyl (C=O) groups is 1. The normalized spacial score (nSPS) is 15.8. The Morgan fingerprint density at radius 3 is 2.57 bits per heavy atom. The first kappa shape index (κ1) is 18.8. The Morgan fingerprint density at radius 2 is 1.89 bits per heavy atom. The number of hydrogen-bond acceptors (Lipinski definition) is 4. The van der Waals surface area contributed by atoms with Crippen LogP contribution in [-0.4, -0.2) is 31.6 Å². The van der Waals surface area contributed by atoms with Crippen molar-refractivity contribution in [2.24, 2.45) is 0 Å². The van der Waals surface area contributed by atoms with E-state index in [1.165, 1.54) is 5.56 Å². The number of benzene rings is 2. The molecule has 144 valence electrons. The number of thiophene rings is 1. The smallest absolute Gasteiger partial charge is 0.254 e. The predicted octanol–water partition coefficient (Wildman–Crippen LogP) is 5.21. The van der Waals surface area contributed by atoms with Crippen molar-refractivity contribution in [3.05, 3.63) is 80.5 Å². The van der Waals surface area contributed by atoms with Gasteiger partial charge in [0.15, 0.2) is 11.5 Å². The van der Waals surface area contributed by atoms with E-state index in [0.717, 1.165) is 16.9 Å². The fourth-order valence-electron chi connectivity index (χ4n) is 3.71. The van der Waals surface area contributed by atoms with Crippen LogP contribution in [-0.2, 0) is 6.42 Å². The number of methoxy groups -OCH3 is 2. The van der Waals surface area contributed by atoms with Crippen LogP contribution in [0.25, 0.3) is 0 Å². The molecule has 0 fully saturated rings. The van der Waals surface area contributed by atoms with Crippen LogP contribution >= 0.6 is 22.9 Å². The van der Waals surface area contributed by atoms with Gasteiger partial charge in [0.2, 0.25) is 0 Å². The van der Waals surface area contributed by atoms with E-state index in [-0.39, 0.29) is 11.9 Å². The van der Waals surface area contributed by atoms with Crippen molar-refractivity contribution in [2.45, 2.75) is 12.5 Å². The van der Waals surface area contributed by atoms with E-state index in [0.29, 0.717) is 28.6 Å². The highest BCUT2D eigenvalue weighted by atomic mass is 35.5. The molecule has 1 aliphatic heterocycles. The molecule has 0 bridgehead atoms. The highest BCUT2D eigenvalue weighted by Gasteiger charge is 2.34. The second kappa shape index (κ2) is 7.86. The maximum Gasteiger partial charge on any atom is 0.254 e. The summed E-state index contributed by atoms with van der Waals surface area (Å²) in [5.41, 5.74) is 2.84. The van der Waals surface area contributed by atoms with Gasteiger partial charge in [-0.05, 0) is 59.3 Å². The van der Waals surface area contributed by atoms with Crippen LogP contribution in [0.15, 0.2) is 53.9 Å². The summed E-state index contributed by atoms with van der Waals surface area (Å²) in [6.07, 6.45) is 0.754. The lowest BCUT2D eigenvalue weighted by atomic mass is 9.90. The maximum absolute atomic E-state index is 13.4. The highest BCUT2D eigenvalue weighted by Crippen LogP contribution is 2.42. The van der Waals surface area contributed by atoms with Crippen LogP contribution in [0.3, 0.4) is 0 Å². The summed E-state index contributed by atoms with van der Waals surface area (Å²) in [6.45, 7) is 0.621. The van der Waals surface area contributed by atoms with Gasteiger partial charge in [0.05, 0.1) is 20.3 Å². The van der Waals surface area contributed by atoms with Gasteiger partial charge in [0.25, 0.3) is 5.91 Å². The monoisotopic (exact) mass is 413 g/mol.